The zero-order chi connectivity index (χ0) is 10.7. The van der Waals surface area contributed by atoms with E-state index in [-0.39, 0.29) is 6.54 Å². The van der Waals surface area contributed by atoms with Gasteiger partial charge in [-0.15, -0.1) is 11.3 Å². The molecule has 1 heterocycles. The highest BCUT2D eigenvalue weighted by molar-refractivity contribution is 9.10. The highest BCUT2D eigenvalue weighted by Gasteiger charge is 2.24. The minimum Gasteiger partial charge on any atom is -0.486 e. The first kappa shape index (κ1) is 11.9. The number of methoxy groups -OCH3 is 1. The highest BCUT2D eigenvalue weighted by Crippen LogP contribution is 2.39. The number of rotatable bonds is 4. The van der Waals surface area contributed by atoms with Gasteiger partial charge < -0.3 is 10.5 Å². The fourth-order valence-corrected chi connectivity index (χ4v) is 2.82. The molecule has 2 nitrogen and oxygen atoms in total. The summed E-state index contributed by atoms with van der Waals surface area (Å²) in [5.41, 5.74) is 5.28. The lowest BCUT2D eigenvalue weighted by atomic mass is 10.1. The molecule has 1 aromatic rings. The molecule has 0 aliphatic rings. The third-order valence-corrected chi connectivity index (χ3v) is 3.86. The second-order valence-corrected chi connectivity index (χ2v) is 4.57. The second kappa shape index (κ2) is 5.04. The van der Waals surface area contributed by atoms with Crippen LogP contribution >= 0.6 is 27.3 Å². The molecule has 0 fully saturated rings. The van der Waals surface area contributed by atoms with E-state index in [1.807, 2.05) is 0 Å². The lowest BCUT2D eigenvalue weighted by Gasteiger charge is -2.10. The van der Waals surface area contributed by atoms with Gasteiger partial charge in [-0.25, -0.2) is 8.78 Å². The van der Waals surface area contributed by atoms with E-state index >= 15 is 0 Å². The van der Waals surface area contributed by atoms with Gasteiger partial charge in [-0.05, 0) is 22.0 Å². The molecule has 0 saturated carbocycles. The van der Waals surface area contributed by atoms with Crippen molar-refractivity contribution in [3.63, 3.8) is 0 Å². The zero-order valence-corrected chi connectivity index (χ0v) is 9.87. The summed E-state index contributed by atoms with van der Waals surface area (Å²) in [4.78, 5) is 0.547. The minimum atomic E-state index is -2.43. The first-order valence-electron chi connectivity index (χ1n) is 3.91. The first-order chi connectivity index (χ1) is 6.60. The van der Waals surface area contributed by atoms with Gasteiger partial charge in [-0.2, -0.15) is 0 Å². The van der Waals surface area contributed by atoms with E-state index in [4.69, 9.17) is 10.5 Å². The van der Waals surface area contributed by atoms with Crippen LogP contribution in [0.1, 0.15) is 10.8 Å². The molecule has 0 radical (unpaired) electrons. The van der Waals surface area contributed by atoms with E-state index in [0.29, 0.717) is 14.4 Å². The van der Waals surface area contributed by atoms with Gasteiger partial charge in [-0.3, -0.25) is 0 Å². The van der Waals surface area contributed by atoms with Gasteiger partial charge >= 0.3 is 0 Å². The predicted octanol–water partition coefficient (Wildman–Crippen LogP) is 2.83. The van der Waals surface area contributed by atoms with Crippen LogP contribution in [0.15, 0.2) is 10.5 Å². The Labute approximate surface area is 93.2 Å². The molecule has 0 aliphatic heterocycles. The summed E-state index contributed by atoms with van der Waals surface area (Å²) >= 11 is 4.42. The van der Waals surface area contributed by atoms with E-state index in [0.717, 1.165) is 0 Å². The van der Waals surface area contributed by atoms with Crippen LogP contribution in [-0.4, -0.2) is 20.1 Å². The molecule has 14 heavy (non-hydrogen) atoms. The van der Waals surface area contributed by atoms with Gasteiger partial charge in [0.05, 0.1) is 17.5 Å². The van der Waals surface area contributed by atoms with Crippen LogP contribution in [0.2, 0.25) is 0 Å². The molecule has 1 unspecified atom stereocenters. The van der Waals surface area contributed by atoms with Crippen molar-refractivity contribution in [2.24, 2.45) is 5.73 Å². The summed E-state index contributed by atoms with van der Waals surface area (Å²) in [6, 6.07) is 1.63. The monoisotopic (exact) mass is 285 g/mol. The largest absolute Gasteiger partial charge is 0.486 e. The third kappa shape index (κ3) is 2.43. The molecule has 6 heteroatoms. The molecule has 80 valence electrons. The molecule has 0 bridgehead atoms. The van der Waals surface area contributed by atoms with Gasteiger partial charge in [-0.1, -0.05) is 0 Å². The molecule has 1 atom stereocenters. The summed E-state index contributed by atoms with van der Waals surface area (Å²) in [5.74, 6) is -0.903. The van der Waals surface area contributed by atoms with Crippen LogP contribution in [0.3, 0.4) is 0 Å². The fraction of sp³-hybridized carbons (Fsp3) is 0.500. The second-order valence-electron chi connectivity index (χ2n) is 2.66. The fourth-order valence-electron chi connectivity index (χ4n) is 1.03. The van der Waals surface area contributed by atoms with E-state index in [9.17, 15) is 8.78 Å². The number of hydrogen-bond acceptors (Lipinski definition) is 3. The Kier molecular flexibility index (Phi) is 4.28. The van der Waals surface area contributed by atoms with Crippen molar-refractivity contribution in [1.29, 1.82) is 0 Å². The Morgan fingerprint density at radius 1 is 1.64 bits per heavy atom. The van der Waals surface area contributed by atoms with Crippen LogP contribution in [0.5, 0.6) is 5.06 Å². The molecule has 1 aromatic heterocycles. The van der Waals surface area contributed by atoms with Crippen LogP contribution in [0.4, 0.5) is 8.78 Å². The molecular formula is C8H10BrF2NOS. The van der Waals surface area contributed by atoms with Crippen molar-refractivity contribution in [2.75, 3.05) is 13.7 Å². The Morgan fingerprint density at radius 2 is 2.29 bits per heavy atom. The van der Waals surface area contributed by atoms with Crippen LogP contribution in [0, 0.1) is 0 Å². The average Bonchev–Trinajstić information content (AvgIpc) is 2.47. The van der Waals surface area contributed by atoms with Crippen LogP contribution in [0.25, 0.3) is 0 Å². The van der Waals surface area contributed by atoms with Gasteiger partial charge in [0.25, 0.3) is 0 Å². The van der Waals surface area contributed by atoms with Crippen molar-refractivity contribution >= 4 is 27.3 Å². The maximum absolute atomic E-state index is 12.5. The molecule has 0 aliphatic carbocycles. The SMILES string of the molecule is COc1sc(C(CN)C(F)F)cc1Br. The third-order valence-electron chi connectivity index (χ3n) is 1.78. The summed E-state index contributed by atoms with van der Waals surface area (Å²) in [7, 11) is 1.50. The summed E-state index contributed by atoms with van der Waals surface area (Å²) in [6.45, 7) is -0.0617. The molecule has 2 N–H and O–H groups in total. The molecular weight excluding hydrogens is 276 g/mol. The lowest BCUT2D eigenvalue weighted by Crippen LogP contribution is -2.18. The predicted molar refractivity (Wildman–Crippen MR) is 56.4 cm³/mol. The summed E-state index contributed by atoms with van der Waals surface area (Å²) in [5, 5.41) is 0.596. The maximum atomic E-state index is 12.5. The Bertz CT molecular complexity index is 306. The number of alkyl halides is 2. The van der Waals surface area contributed by atoms with E-state index in [2.05, 4.69) is 15.9 Å². The van der Waals surface area contributed by atoms with Crippen LogP contribution < -0.4 is 10.5 Å². The number of halogens is 3. The molecule has 0 spiro atoms. The van der Waals surface area contributed by atoms with Crippen molar-refractivity contribution in [3.05, 3.63) is 15.4 Å². The van der Waals surface area contributed by atoms with E-state index in [1.54, 1.807) is 6.07 Å². The average molecular weight is 286 g/mol. The number of nitrogens with two attached hydrogens (primary N) is 1. The Morgan fingerprint density at radius 3 is 2.64 bits per heavy atom. The Balaban J connectivity index is 2.93. The van der Waals surface area contributed by atoms with Crippen molar-refractivity contribution in [1.82, 2.24) is 0 Å². The van der Waals surface area contributed by atoms with Crippen molar-refractivity contribution < 1.29 is 13.5 Å². The van der Waals surface area contributed by atoms with Crippen molar-refractivity contribution in [2.45, 2.75) is 12.3 Å². The standard InChI is InChI=1S/C8H10BrF2NOS/c1-13-8-5(9)2-6(14-8)4(3-12)7(10)11/h2,4,7H,3,12H2,1H3. The topological polar surface area (TPSA) is 35.2 Å². The van der Waals surface area contributed by atoms with Gasteiger partial charge in [0.15, 0.2) is 5.06 Å². The first-order valence-corrected chi connectivity index (χ1v) is 5.52. The van der Waals surface area contributed by atoms with Crippen LogP contribution in [-0.2, 0) is 0 Å². The zero-order valence-electron chi connectivity index (χ0n) is 7.47. The number of thiophene rings is 1. The van der Waals surface area contributed by atoms with Crippen molar-refractivity contribution in [3.8, 4) is 5.06 Å². The maximum Gasteiger partial charge on any atom is 0.247 e. The minimum absolute atomic E-state index is 0.0617. The normalized spacial score (nSPS) is 13.3. The smallest absolute Gasteiger partial charge is 0.247 e. The Hall–Kier alpha value is -0.200. The van der Waals surface area contributed by atoms with Gasteiger partial charge in [0.2, 0.25) is 6.43 Å². The number of ether oxygens (including phenoxy) is 1. The quantitative estimate of drug-likeness (QED) is 0.923. The van der Waals surface area contributed by atoms with E-state index in [1.165, 1.54) is 18.4 Å². The van der Waals surface area contributed by atoms with Gasteiger partial charge in [0, 0.05) is 11.4 Å². The highest BCUT2D eigenvalue weighted by atomic mass is 79.9. The summed E-state index contributed by atoms with van der Waals surface area (Å²) in [6.07, 6.45) is -2.43. The lowest BCUT2D eigenvalue weighted by molar-refractivity contribution is 0.118. The molecule has 1 rings (SSSR count). The summed E-state index contributed by atoms with van der Waals surface area (Å²) < 4.78 is 30.7. The molecule has 0 amide bonds. The molecule has 0 aromatic carbocycles. The van der Waals surface area contributed by atoms with E-state index < -0.39 is 12.3 Å². The number of hydrogen-bond donors (Lipinski definition) is 1. The van der Waals surface area contributed by atoms with Gasteiger partial charge in [0.1, 0.15) is 0 Å². The molecule has 0 saturated heterocycles.